The van der Waals surface area contributed by atoms with Crippen LogP contribution in [0.25, 0.3) is 0 Å². The van der Waals surface area contributed by atoms with Crippen molar-refractivity contribution in [2.24, 2.45) is 27.4 Å². The van der Waals surface area contributed by atoms with Crippen LogP contribution in [0.1, 0.15) is 5.69 Å². The van der Waals surface area contributed by atoms with Gasteiger partial charge in [-0.15, -0.1) is 10.2 Å². The van der Waals surface area contributed by atoms with Crippen LogP contribution in [0.3, 0.4) is 0 Å². The Morgan fingerprint density at radius 2 is 2.07 bits per heavy atom. The molecule has 6 heteroatoms. The van der Waals surface area contributed by atoms with Crippen LogP contribution in [-0.2, 0) is 0 Å². The summed E-state index contributed by atoms with van der Waals surface area (Å²) in [6, 6.07) is 5.43. The first kappa shape index (κ1) is 10.1. The second kappa shape index (κ2) is 4.93. The third-order valence-corrected chi connectivity index (χ3v) is 1.44. The zero-order valence-electron chi connectivity index (χ0n) is 7.59. The molecule has 1 aromatic rings. The van der Waals surface area contributed by atoms with E-state index in [0.29, 0.717) is 11.4 Å². The van der Waals surface area contributed by atoms with Crippen molar-refractivity contribution >= 4 is 11.7 Å². The summed E-state index contributed by atoms with van der Waals surface area (Å²) in [7, 11) is 0. The van der Waals surface area contributed by atoms with Gasteiger partial charge in [-0.05, 0) is 12.1 Å². The molecule has 1 aromatic heterocycles. The lowest BCUT2D eigenvalue weighted by Gasteiger charge is -1.99. The van der Waals surface area contributed by atoms with E-state index < -0.39 is 0 Å². The van der Waals surface area contributed by atoms with E-state index in [0.717, 1.165) is 0 Å². The molecule has 0 atom stereocenters. The highest BCUT2D eigenvalue weighted by Crippen LogP contribution is 1.95. The van der Waals surface area contributed by atoms with Crippen LogP contribution in [0.4, 0.5) is 0 Å². The number of guanidine groups is 1. The summed E-state index contributed by atoms with van der Waals surface area (Å²) in [6.45, 7) is 0.230. The van der Waals surface area contributed by atoms with Gasteiger partial charge in [0.15, 0.2) is 0 Å². The first-order valence-corrected chi connectivity index (χ1v) is 4.01. The monoisotopic (exact) mass is 192 g/mol. The van der Waals surface area contributed by atoms with Crippen molar-refractivity contribution < 1.29 is 0 Å². The second-order valence-electron chi connectivity index (χ2n) is 2.49. The first-order chi connectivity index (χ1) is 6.74. The van der Waals surface area contributed by atoms with E-state index in [4.69, 9.17) is 17.2 Å². The van der Waals surface area contributed by atoms with E-state index in [1.165, 1.54) is 0 Å². The summed E-state index contributed by atoms with van der Waals surface area (Å²) in [5.41, 5.74) is 16.9. The molecule has 14 heavy (non-hydrogen) atoms. The smallest absolute Gasteiger partial charge is 0.211 e. The lowest BCUT2D eigenvalue weighted by atomic mass is 10.2. The van der Waals surface area contributed by atoms with E-state index >= 15 is 0 Å². The SMILES string of the molecule is NC/C(=N\N=C(N)N)c1ccccn1. The topological polar surface area (TPSA) is 116 Å². The van der Waals surface area contributed by atoms with Crippen molar-refractivity contribution in [1.82, 2.24) is 4.98 Å². The Kier molecular flexibility index (Phi) is 3.57. The highest BCUT2D eigenvalue weighted by Gasteiger charge is 2.00. The highest BCUT2D eigenvalue weighted by molar-refractivity contribution is 6.00. The van der Waals surface area contributed by atoms with Gasteiger partial charge in [0.1, 0.15) is 5.71 Å². The van der Waals surface area contributed by atoms with Gasteiger partial charge in [0, 0.05) is 12.7 Å². The summed E-state index contributed by atoms with van der Waals surface area (Å²) < 4.78 is 0. The Balaban J connectivity index is 2.93. The van der Waals surface area contributed by atoms with Gasteiger partial charge < -0.3 is 17.2 Å². The summed E-state index contributed by atoms with van der Waals surface area (Å²) in [5.74, 6) is -0.105. The molecule has 6 N–H and O–H groups in total. The molecule has 6 nitrogen and oxygen atoms in total. The number of hydrogen-bond donors (Lipinski definition) is 3. The second-order valence-corrected chi connectivity index (χ2v) is 2.49. The molecule has 0 bridgehead atoms. The molecular weight excluding hydrogens is 180 g/mol. The number of hydrogen-bond acceptors (Lipinski definition) is 4. The largest absolute Gasteiger partial charge is 0.369 e. The van der Waals surface area contributed by atoms with E-state index in [1.54, 1.807) is 18.3 Å². The van der Waals surface area contributed by atoms with Crippen molar-refractivity contribution in [3.8, 4) is 0 Å². The number of pyridine rings is 1. The maximum Gasteiger partial charge on any atom is 0.211 e. The molecular formula is C8H12N6. The zero-order valence-corrected chi connectivity index (χ0v) is 7.59. The summed E-state index contributed by atoms with van der Waals surface area (Å²) in [5, 5.41) is 7.29. The molecule has 0 fully saturated rings. The quantitative estimate of drug-likeness (QED) is 0.324. The minimum Gasteiger partial charge on any atom is -0.369 e. The molecule has 0 spiro atoms. The van der Waals surface area contributed by atoms with Crippen LogP contribution in [0.5, 0.6) is 0 Å². The predicted molar refractivity (Wildman–Crippen MR) is 55.6 cm³/mol. The van der Waals surface area contributed by atoms with Gasteiger partial charge in [-0.25, -0.2) is 0 Å². The fourth-order valence-electron chi connectivity index (χ4n) is 0.848. The molecule has 0 aliphatic heterocycles. The minimum absolute atomic E-state index is 0.105. The molecule has 0 aliphatic rings. The summed E-state index contributed by atoms with van der Waals surface area (Å²) >= 11 is 0. The average molecular weight is 192 g/mol. The molecule has 0 aliphatic carbocycles. The Bertz CT molecular complexity index is 338. The minimum atomic E-state index is -0.105. The molecule has 74 valence electrons. The van der Waals surface area contributed by atoms with Crippen LogP contribution < -0.4 is 17.2 Å². The lowest BCUT2D eigenvalue weighted by molar-refractivity contribution is 1.14. The summed E-state index contributed by atoms with van der Waals surface area (Å²) in [6.07, 6.45) is 1.65. The van der Waals surface area contributed by atoms with Gasteiger partial charge in [-0.1, -0.05) is 6.07 Å². The zero-order chi connectivity index (χ0) is 10.4. The van der Waals surface area contributed by atoms with Crippen molar-refractivity contribution in [3.63, 3.8) is 0 Å². The molecule has 1 rings (SSSR count). The number of nitrogens with zero attached hydrogens (tertiary/aromatic N) is 3. The third-order valence-electron chi connectivity index (χ3n) is 1.44. The van der Waals surface area contributed by atoms with E-state index in [1.807, 2.05) is 6.07 Å². The predicted octanol–water partition coefficient (Wildman–Crippen LogP) is -0.982. The third kappa shape index (κ3) is 2.83. The van der Waals surface area contributed by atoms with Crippen LogP contribution in [-0.4, -0.2) is 23.2 Å². The van der Waals surface area contributed by atoms with Gasteiger partial charge in [0.25, 0.3) is 0 Å². The lowest BCUT2D eigenvalue weighted by Crippen LogP contribution is -2.23. The van der Waals surface area contributed by atoms with Gasteiger partial charge >= 0.3 is 0 Å². The van der Waals surface area contributed by atoms with E-state index in [-0.39, 0.29) is 12.5 Å². The maximum atomic E-state index is 5.47. The average Bonchev–Trinajstić information content (AvgIpc) is 2.20. The van der Waals surface area contributed by atoms with Crippen LogP contribution in [0.2, 0.25) is 0 Å². The number of nitrogens with two attached hydrogens (primary N) is 3. The van der Waals surface area contributed by atoms with Crippen molar-refractivity contribution in [3.05, 3.63) is 30.1 Å². The molecule has 0 radical (unpaired) electrons. The Morgan fingerprint density at radius 3 is 2.57 bits per heavy atom. The van der Waals surface area contributed by atoms with Gasteiger partial charge in [-0.2, -0.15) is 0 Å². The maximum absolute atomic E-state index is 5.47. The molecule has 1 heterocycles. The van der Waals surface area contributed by atoms with E-state index in [2.05, 4.69) is 15.2 Å². The number of rotatable bonds is 3. The standard InChI is InChI=1S/C8H12N6/c9-5-7(13-14-8(10)11)6-3-1-2-4-12-6/h1-4H,5,9H2,(H4,10,11,14)/b13-7+. The fourth-order valence-corrected chi connectivity index (χ4v) is 0.848. The normalized spacial score (nSPS) is 11.1. The van der Waals surface area contributed by atoms with Crippen LogP contribution >= 0.6 is 0 Å². The summed E-state index contributed by atoms with van der Waals surface area (Å²) in [4.78, 5) is 4.07. The van der Waals surface area contributed by atoms with Crippen LogP contribution in [0.15, 0.2) is 34.6 Å². The van der Waals surface area contributed by atoms with Crippen molar-refractivity contribution in [2.45, 2.75) is 0 Å². The molecule has 0 saturated carbocycles. The molecule has 0 amide bonds. The molecule has 0 unspecified atom stereocenters. The van der Waals surface area contributed by atoms with Gasteiger partial charge in [0.05, 0.1) is 5.69 Å². The van der Waals surface area contributed by atoms with Gasteiger partial charge in [-0.3, -0.25) is 4.98 Å². The molecule has 0 aromatic carbocycles. The van der Waals surface area contributed by atoms with E-state index in [9.17, 15) is 0 Å². The first-order valence-electron chi connectivity index (χ1n) is 4.01. The Hall–Kier alpha value is -1.95. The van der Waals surface area contributed by atoms with Crippen molar-refractivity contribution in [2.75, 3.05) is 6.54 Å². The van der Waals surface area contributed by atoms with Gasteiger partial charge in [0.2, 0.25) is 5.96 Å². The highest BCUT2D eigenvalue weighted by atomic mass is 15.3. The van der Waals surface area contributed by atoms with Crippen molar-refractivity contribution in [1.29, 1.82) is 0 Å². The Morgan fingerprint density at radius 1 is 1.29 bits per heavy atom. The van der Waals surface area contributed by atoms with Crippen LogP contribution in [0, 0.1) is 0 Å². The fraction of sp³-hybridized carbons (Fsp3) is 0.125. The molecule has 0 saturated heterocycles. The Labute approximate surface area is 81.5 Å². The number of aromatic nitrogens is 1.